The predicted molar refractivity (Wildman–Crippen MR) is 74.6 cm³/mol. The minimum Gasteiger partial charge on any atom is -0.400 e. The van der Waals surface area contributed by atoms with Crippen molar-refractivity contribution in [1.82, 2.24) is 0 Å². The second-order valence-electron chi connectivity index (χ2n) is 2.98. The van der Waals surface area contributed by atoms with Crippen LogP contribution in [0.1, 0.15) is 14.9 Å². The molecule has 0 aliphatic carbocycles. The third-order valence-electron chi connectivity index (χ3n) is 0.725. The molecule has 13 heteroatoms. The Kier molecular flexibility index (Phi) is 15.4. The SMILES string of the molecule is C.C.C[SiH2]O[Si](O)(O)O.C[Si](O)(O)O[Si](C)(O)O. The molecule has 0 radical (unpaired) electrons. The van der Waals surface area contributed by atoms with Crippen LogP contribution in [-0.2, 0) is 8.23 Å². The van der Waals surface area contributed by atoms with Crippen molar-refractivity contribution in [3.05, 3.63) is 0 Å². The minimum atomic E-state index is -4.10. The van der Waals surface area contributed by atoms with E-state index in [9.17, 15) is 0 Å². The van der Waals surface area contributed by atoms with E-state index in [1.807, 2.05) is 0 Å². The number of hydrogen-bond donors (Lipinski definition) is 7. The molecule has 0 atom stereocenters. The molecule has 0 rings (SSSR count). The van der Waals surface area contributed by atoms with Crippen molar-refractivity contribution in [2.45, 2.75) is 34.5 Å². The summed E-state index contributed by atoms with van der Waals surface area (Å²) < 4.78 is 8.30. The molecular weight excluding hydrogens is 316 g/mol. The van der Waals surface area contributed by atoms with Gasteiger partial charge in [-0.1, -0.05) is 21.4 Å². The first kappa shape index (κ1) is 27.0. The highest BCUT2D eigenvalue weighted by molar-refractivity contribution is 6.70. The van der Waals surface area contributed by atoms with Gasteiger partial charge in [-0.05, 0) is 0 Å². The third kappa shape index (κ3) is 36.0. The predicted octanol–water partition coefficient (Wildman–Crippen LogP) is -3.07. The number of hydrogen-bond acceptors (Lipinski definition) is 9. The molecule has 0 bridgehead atoms. The van der Waals surface area contributed by atoms with Crippen LogP contribution < -0.4 is 0 Å². The Labute approximate surface area is 113 Å². The third-order valence-corrected chi connectivity index (χ3v) is 6.52. The summed E-state index contributed by atoms with van der Waals surface area (Å²) in [6.45, 7) is 3.76. The topological polar surface area (TPSA) is 160 Å². The van der Waals surface area contributed by atoms with Gasteiger partial charge in [-0.2, -0.15) is 0 Å². The van der Waals surface area contributed by atoms with Gasteiger partial charge in [0.25, 0.3) is 0 Å². The van der Waals surface area contributed by atoms with Crippen LogP contribution in [-0.4, -0.2) is 70.0 Å². The monoisotopic (exact) mass is 342 g/mol. The summed E-state index contributed by atoms with van der Waals surface area (Å²) in [6.07, 6.45) is 0. The molecule has 0 amide bonds. The first-order chi connectivity index (χ1) is 6.77. The van der Waals surface area contributed by atoms with Gasteiger partial charge in [0.2, 0.25) is 0 Å². The summed E-state index contributed by atoms with van der Waals surface area (Å²) in [5.41, 5.74) is 0. The summed E-state index contributed by atoms with van der Waals surface area (Å²) in [7, 11) is -12.4. The largest absolute Gasteiger partial charge is 0.660 e. The molecule has 0 aliphatic heterocycles. The van der Waals surface area contributed by atoms with Crippen LogP contribution in [0.15, 0.2) is 0 Å². The Hall–Kier alpha value is 0.508. The highest BCUT2D eigenvalue weighted by atomic mass is 28.5. The standard InChI is InChI=1S/C2H10O5Si2.CH8O4Si2.2CH4/c1-8(3,4)7-9(2,5)6;1-6-5-7(2,3)4;;/h3-6H,1-2H3;2-4H,6H2,1H3;2*1H4. The van der Waals surface area contributed by atoms with E-state index in [0.717, 1.165) is 13.1 Å². The van der Waals surface area contributed by atoms with E-state index in [1.165, 1.54) is 0 Å². The molecular formula is C5H26O9Si4. The fraction of sp³-hybridized carbons (Fsp3) is 1.00. The number of rotatable bonds is 4. The molecule has 0 saturated heterocycles. The first-order valence-electron chi connectivity index (χ1n) is 4.17. The van der Waals surface area contributed by atoms with Crippen molar-refractivity contribution in [2.24, 2.45) is 0 Å². The summed E-state index contributed by atoms with van der Waals surface area (Å²) >= 11 is 0. The van der Waals surface area contributed by atoms with Crippen LogP contribution >= 0.6 is 0 Å². The van der Waals surface area contributed by atoms with Crippen molar-refractivity contribution < 1.29 is 41.8 Å². The van der Waals surface area contributed by atoms with Gasteiger partial charge in [-0.3, -0.25) is 0 Å². The first-order valence-corrected chi connectivity index (χ1v) is 12.5. The van der Waals surface area contributed by atoms with E-state index in [4.69, 9.17) is 33.6 Å². The molecule has 0 fully saturated rings. The van der Waals surface area contributed by atoms with Gasteiger partial charge in [-0.25, -0.2) is 0 Å². The normalized spacial score (nSPS) is 12.3. The van der Waals surface area contributed by atoms with E-state index in [0.29, 0.717) is 0 Å². The average Bonchev–Trinajstić information content (AvgIpc) is 1.73. The Bertz CT molecular complexity index is 171. The van der Waals surface area contributed by atoms with Crippen LogP contribution in [0.5, 0.6) is 0 Å². The molecule has 0 saturated carbocycles. The lowest BCUT2D eigenvalue weighted by atomic mass is 11.9. The second kappa shape index (κ2) is 10.3. The van der Waals surface area contributed by atoms with Gasteiger partial charge in [-0.15, -0.1) is 0 Å². The van der Waals surface area contributed by atoms with Crippen molar-refractivity contribution in [3.63, 3.8) is 0 Å². The lowest BCUT2D eigenvalue weighted by Crippen LogP contribution is -2.49. The Morgan fingerprint density at radius 3 is 1.06 bits per heavy atom. The van der Waals surface area contributed by atoms with E-state index in [2.05, 4.69) is 8.23 Å². The van der Waals surface area contributed by atoms with Crippen molar-refractivity contribution in [3.8, 4) is 0 Å². The maximum atomic E-state index is 8.54. The molecule has 0 aliphatic rings. The Morgan fingerprint density at radius 2 is 1.06 bits per heavy atom. The maximum absolute atomic E-state index is 8.54. The average molecular weight is 343 g/mol. The summed E-state index contributed by atoms with van der Waals surface area (Å²) in [5, 5.41) is 0. The van der Waals surface area contributed by atoms with Crippen LogP contribution in [0.3, 0.4) is 0 Å². The van der Waals surface area contributed by atoms with Gasteiger partial charge in [0, 0.05) is 13.1 Å². The highest BCUT2D eigenvalue weighted by Gasteiger charge is 2.37. The zero-order valence-corrected chi connectivity index (χ0v) is 13.6. The molecule has 9 nitrogen and oxygen atoms in total. The lowest BCUT2D eigenvalue weighted by molar-refractivity contribution is 0.131. The van der Waals surface area contributed by atoms with Crippen LogP contribution in [0, 0.1) is 0 Å². The highest BCUT2D eigenvalue weighted by Crippen LogP contribution is 2.01. The van der Waals surface area contributed by atoms with Crippen LogP contribution in [0.2, 0.25) is 19.6 Å². The molecule has 0 unspecified atom stereocenters. The van der Waals surface area contributed by atoms with E-state index < -0.39 is 36.4 Å². The second-order valence-corrected chi connectivity index (χ2v) is 10.4. The Balaban J connectivity index is -0.000000100. The van der Waals surface area contributed by atoms with Crippen molar-refractivity contribution in [2.75, 3.05) is 0 Å². The van der Waals surface area contributed by atoms with Gasteiger partial charge in [0.05, 0.1) is 0 Å². The molecule has 116 valence electrons. The smallest absolute Gasteiger partial charge is 0.400 e. The zero-order chi connectivity index (χ0) is 13.6. The summed E-state index contributed by atoms with van der Waals surface area (Å²) in [4.78, 5) is 58.4. The van der Waals surface area contributed by atoms with E-state index in [-0.39, 0.29) is 14.9 Å². The molecule has 0 aromatic rings. The molecule has 18 heavy (non-hydrogen) atoms. The van der Waals surface area contributed by atoms with Gasteiger partial charge in [0.1, 0.15) is 0 Å². The van der Waals surface area contributed by atoms with E-state index in [1.54, 1.807) is 6.55 Å². The van der Waals surface area contributed by atoms with Crippen molar-refractivity contribution in [1.29, 1.82) is 0 Å². The van der Waals surface area contributed by atoms with Crippen molar-refractivity contribution >= 4 is 36.4 Å². The quantitative estimate of drug-likeness (QED) is 0.263. The lowest BCUT2D eigenvalue weighted by Gasteiger charge is -2.18. The maximum Gasteiger partial charge on any atom is 0.660 e. The van der Waals surface area contributed by atoms with Gasteiger partial charge < -0.3 is 41.8 Å². The molecule has 0 heterocycles. The van der Waals surface area contributed by atoms with Crippen LogP contribution in [0.25, 0.3) is 0 Å². The zero-order valence-electron chi connectivity index (χ0n) is 9.15. The summed E-state index contributed by atoms with van der Waals surface area (Å²) in [6, 6.07) is 0. The van der Waals surface area contributed by atoms with Gasteiger partial charge in [0.15, 0.2) is 9.76 Å². The fourth-order valence-corrected chi connectivity index (χ4v) is 5.04. The van der Waals surface area contributed by atoms with E-state index >= 15 is 0 Å². The molecule has 0 aromatic carbocycles. The Morgan fingerprint density at radius 1 is 0.778 bits per heavy atom. The summed E-state index contributed by atoms with van der Waals surface area (Å²) in [5.74, 6) is 0. The molecule has 7 N–H and O–H groups in total. The molecule has 0 spiro atoms. The van der Waals surface area contributed by atoms with Crippen LogP contribution in [0.4, 0.5) is 0 Å². The minimum absolute atomic E-state index is 0. The fourth-order valence-electron chi connectivity index (χ4n) is 0.560. The van der Waals surface area contributed by atoms with Gasteiger partial charge >= 0.3 is 26.7 Å². The molecule has 0 aromatic heterocycles.